The quantitative estimate of drug-likeness (QED) is 0.405. The van der Waals surface area contributed by atoms with E-state index < -0.39 is 0 Å². The lowest BCUT2D eigenvalue weighted by molar-refractivity contribution is 0.0986. The fraction of sp³-hybridized carbons (Fsp3) is 0.261. The minimum atomic E-state index is -0.0404. The molecule has 1 amide bonds. The molecule has 0 radical (unpaired) electrons. The summed E-state index contributed by atoms with van der Waals surface area (Å²) in [5, 5.41) is 0.689. The molecule has 0 saturated heterocycles. The van der Waals surface area contributed by atoms with Crippen LogP contribution in [0.3, 0.4) is 0 Å². The second-order valence-corrected chi connectivity index (χ2v) is 8.02. The highest BCUT2D eigenvalue weighted by molar-refractivity contribution is 7.22. The maximum absolute atomic E-state index is 13.4. The summed E-state index contributed by atoms with van der Waals surface area (Å²) in [5.41, 5.74) is 2.53. The van der Waals surface area contributed by atoms with Crippen LogP contribution in [0.15, 0.2) is 61.2 Å². The smallest absolute Gasteiger partial charge is 0.260 e. The average Bonchev–Trinajstić information content (AvgIpc) is 3.41. The van der Waals surface area contributed by atoms with E-state index in [0.29, 0.717) is 23.8 Å². The van der Waals surface area contributed by atoms with Gasteiger partial charge < -0.3 is 9.30 Å². The highest BCUT2D eigenvalue weighted by Crippen LogP contribution is 2.35. The molecular formula is C23H24N4O2S. The third kappa shape index (κ3) is 4.36. The molecule has 0 unspecified atom stereocenters. The van der Waals surface area contributed by atoms with Gasteiger partial charge in [-0.15, -0.1) is 0 Å². The van der Waals surface area contributed by atoms with Gasteiger partial charge in [-0.25, -0.2) is 9.97 Å². The number of anilines is 1. The number of imidazole rings is 1. The van der Waals surface area contributed by atoms with Crippen molar-refractivity contribution in [1.29, 1.82) is 0 Å². The number of benzene rings is 2. The number of hydrogen-bond donors (Lipinski definition) is 0. The molecule has 30 heavy (non-hydrogen) atoms. The van der Waals surface area contributed by atoms with E-state index in [1.165, 1.54) is 11.3 Å². The van der Waals surface area contributed by atoms with Gasteiger partial charge in [0.15, 0.2) is 5.13 Å². The highest BCUT2D eigenvalue weighted by Gasteiger charge is 2.22. The highest BCUT2D eigenvalue weighted by atomic mass is 32.1. The predicted molar refractivity (Wildman–Crippen MR) is 120 cm³/mol. The molecule has 0 atom stereocenters. The fourth-order valence-electron chi connectivity index (χ4n) is 3.35. The van der Waals surface area contributed by atoms with E-state index >= 15 is 0 Å². The molecule has 0 saturated carbocycles. The first-order valence-electron chi connectivity index (χ1n) is 10.0. The molecule has 7 heteroatoms. The van der Waals surface area contributed by atoms with Crippen LogP contribution in [0.1, 0.15) is 29.3 Å². The van der Waals surface area contributed by atoms with Crippen LogP contribution in [0.4, 0.5) is 5.13 Å². The Morgan fingerprint density at radius 2 is 2.10 bits per heavy atom. The Morgan fingerprint density at radius 3 is 2.87 bits per heavy atom. The van der Waals surface area contributed by atoms with Crippen molar-refractivity contribution in [3.8, 4) is 5.75 Å². The monoisotopic (exact) mass is 420 g/mol. The lowest BCUT2D eigenvalue weighted by Gasteiger charge is -2.20. The summed E-state index contributed by atoms with van der Waals surface area (Å²) in [4.78, 5) is 24.1. The Kier molecular flexibility index (Phi) is 6.09. The molecule has 0 aliphatic carbocycles. The first-order chi connectivity index (χ1) is 14.7. The topological polar surface area (TPSA) is 60.2 Å². The number of carbonyl (C=O) groups excluding carboxylic acids is 1. The molecule has 0 fully saturated rings. The van der Waals surface area contributed by atoms with Crippen molar-refractivity contribution in [2.45, 2.75) is 26.8 Å². The summed E-state index contributed by atoms with van der Waals surface area (Å²) in [6.45, 7) is 5.87. The second kappa shape index (κ2) is 9.09. The van der Waals surface area contributed by atoms with Gasteiger partial charge in [0.25, 0.3) is 5.91 Å². The zero-order chi connectivity index (χ0) is 20.9. The molecule has 0 aliphatic heterocycles. The molecule has 154 valence electrons. The summed E-state index contributed by atoms with van der Waals surface area (Å²) in [5.74, 6) is 0.709. The van der Waals surface area contributed by atoms with Crippen molar-refractivity contribution in [1.82, 2.24) is 14.5 Å². The molecule has 0 spiro atoms. The Labute approximate surface area is 179 Å². The number of hydrogen-bond acceptors (Lipinski definition) is 5. The van der Waals surface area contributed by atoms with Crippen LogP contribution in [0.5, 0.6) is 5.75 Å². The number of amides is 1. The van der Waals surface area contributed by atoms with Crippen molar-refractivity contribution < 1.29 is 9.53 Å². The van der Waals surface area contributed by atoms with Gasteiger partial charge in [-0.05, 0) is 44.5 Å². The molecule has 2 heterocycles. The summed E-state index contributed by atoms with van der Waals surface area (Å²) in [6.07, 6.45) is 6.28. The van der Waals surface area contributed by atoms with E-state index in [2.05, 4.69) is 4.98 Å². The Morgan fingerprint density at radius 1 is 1.23 bits per heavy atom. The molecule has 0 bridgehead atoms. The third-order valence-electron chi connectivity index (χ3n) is 4.77. The Balaban J connectivity index is 1.66. The van der Waals surface area contributed by atoms with Crippen molar-refractivity contribution in [2.24, 2.45) is 0 Å². The largest absolute Gasteiger partial charge is 0.492 e. The van der Waals surface area contributed by atoms with Crippen molar-refractivity contribution in [3.05, 3.63) is 72.3 Å². The molecule has 2 aromatic heterocycles. The maximum Gasteiger partial charge on any atom is 0.260 e. The molecule has 0 aliphatic rings. The molecule has 2 aromatic carbocycles. The molecule has 4 aromatic rings. The van der Waals surface area contributed by atoms with Crippen LogP contribution < -0.4 is 9.64 Å². The first-order valence-corrected chi connectivity index (χ1v) is 10.8. The SMILES string of the molecule is CCOc1cccc2sc(N(CCCn3ccnc3)C(=O)c3cccc(C)c3)nc12. The Bertz CT molecular complexity index is 1140. The van der Waals surface area contributed by atoms with Gasteiger partial charge >= 0.3 is 0 Å². The number of aromatic nitrogens is 3. The minimum Gasteiger partial charge on any atom is -0.492 e. The number of aryl methyl sites for hydroxylation is 2. The van der Waals surface area contributed by atoms with Gasteiger partial charge in [0.05, 0.1) is 17.6 Å². The van der Waals surface area contributed by atoms with E-state index in [1.54, 1.807) is 17.4 Å². The fourth-order valence-corrected chi connectivity index (χ4v) is 4.35. The van der Waals surface area contributed by atoms with Gasteiger partial charge in [-0.2, -0.15) is 0 Å². The number of rotatable bonds is 8. The van der Waals surface area contributed by atoms with Crippen molar-refractivity contribution in [3.63, 3.8) is 0 Å². The van der Waals surface area contributed by atoms with Crippen molar-refractivity contribution in [2.75, 3.05) is 18.1 Å². The second-order valence-electron chi connectivity index (χ2n) is 7.01. The van der Waals surface area contributed by atoms with Crippen LogP contribution in [-0.2, 0) is 6.54 Å². The lowest BCUT2D eigenvalue weighted by Crippen LogP contribution is -2.32. The van der Waals surface area contributed by atoms with Gasteiger partial charge in [0.2, 0.25) is 0 Å². The van der Waals surface area contributed by atoms with Crippen LogP contribution >= 0.6 is 11.3 Å². The van der Waals surface area contributed by atoms with Crippen LogP contribution in [0.25, 0.3) is 10.2 Å². The predicted octanol–water partition coefficient (Wildman–Crippen LogP) is 4.94. The summed E-state index contributed by atoms with van der Waals surface area (Å²) in [6, 6.07) is 13.6. The molecular weight excluding hydrogens is 396 g/mol. The number of fused-ring (bicyclic) bond motifs is 1. The number of carbonyl (C=O) groups is 1. The van der Waals surface area contributed by atoms with Crippen LogP contribution in [-0.4, -0.2) is 33.6 Å². The average molecular weight is 421 g/mol. The summed E-state index contributed by atoms with van der Waals surface area (Å²) < 4.78 is 8.76. The van der Waals surface area contributed by atoms with E-state index in [4.69, 9.17) is 9.72 Å². The molecule has 6 nitrogen and oxygen atoms in total. The third-order valence-corrected chi connectivity index (χ3v) is 5.81. The van der Waals surface area contributed by atoms with Gasteiger partial charge in [0, 0.05) is 31.0 Å². The van der Waals surface area contributed by atoms with Gasteiger partial charge in [0.1, 0.15) is 11.3 Å². The maximum atomic E-state index is 13.4. The first kappa shape index (κ1) is 20.1. The van der Waals surface area contributed by atoms with Crippen LogP contribution in [0.2, 0.25) is 0 Å². The van der Waals surface area contributed by atoms with Crippen LogP contribution in [0, 0.1) is 6.92 Å². The summed E-state index contributed by atoms with van der Waals surface area (Å²) >= 11 is 1.52. The van der Waals surface area contributed by atoms with Gasteiger partial charge in [-0.1, -0.05) is 35.1 Å². The van der Waals surface area contributed by atoms with E-state index in [0.717, 1.165) is 34.5 Å². The van der Waals surface area contributed by atoms with Crippen molar-refractivity contribution >= 4 is 32.6 Å². The standard InChI is InChI=1S/C23H24N4O2S/c1-3-29-19-9-5-10-20-21(19)25-23(30-20)27(13-6-12-26-14-11-24-16-26)22(28)18-8-4-7-17(2)15-18/h4-5,7-11,14-16H,3,6,12-13H2,1-2H3. The van der Waals surface area contributed by atoms with E-state index in [-0.39, 0.29) is 5.91 Å². The number of para-hydroxylation sites is 1. The molecule has 0 N–H and O–H groups in total. The number of thiazole rings is 1. The normalized spacial score (nSPS) is 11.0. The van der Waals surface area contributed by atoms with Gasteiger partial charge in [-0.3, -0.25) is 9.69 Å². The molecule has 4 rings (SSSR count). The zero-order valence-electron chi connectivity index (χ0n) is 17.1. The zero-order valence-corrected chi connectivity index (χ0v) is 17.9. The lowest BCUT2D eigenvalue weighted by atomic mass is 10.1. The number of ether oxygens (including phenoxy) is 1. The number of nitrogens with zero attached hydrogens (tertiary/aromatic N) is 4. The van der Waals surface area contributed by atoms with E-state index in [1.807, 2.05) is 67.1 Å². The minimum absolute atomic E-state index is 0.0404. The Hall–Kier alpha value is -3.19. The summed E-state index contributed by atoms with van der Waals surface area (Å²) in [7, 11) is 0. The van der Waals surface area contributed by atoms with E-state index in [9.17, 15) is 4.79 Å².